The molecule has 1 nitrogen and oxygen atoms in total. The number of hydrogen-bond acceptors (Lipinski definition) is 1. The Bertz CT molecular complexity index is 367. The maximum atomic E-state index is 12.0. The Kier molecular flexibility index (Phi) is 3.73. The Morgan fingerprint density at radius 3 is 2.60 bits per heavy atom. The van der Waals surface area contributed by atoms with Crippen LogP contribution < -0.4 is 0 Å². The van der Waals surface area contributed by atoms with Gasteiger partial charge >= 0.3 is 0 Å². The Morgan fingerprint density at radius 1 is 1.13 bits per heavy atom. The van der Waals surface area contributed by atoms with E-state index in [2.05, 4.69) is 6.08 Å². The Hall–Kier alpha value is -0.890. The van der Waals surface area contributed by atoms with Gasteiger partial charge in [0, 0.05) is 4.91 Å². The van der Waals surface area contributed by atoms with Crippen LogP contribution >= 0.6 is 0 Å². The molecule has 0 fully saturated rings. The van der Waals surface area contributed by atoms with Crippen molar-refractivity contribution in [2.45, 2.75) is 31.4 Å². The Labute approximate surface area is 93.7 Å². The van der Waals surface area contributed by atoms with E-state index in [4.69, 9.17) is 0 Å². The molecule has 2 rings (SSSR count). The fourth-order valence-corrected chi connectivity index (χ4v) is 3.19. The van der Waals surface area contributed by atoms with Gasteiger partial charge < -0.3 is 0 Å². The minimum Gasteiger partial charge on any atom is -0.254 e. The van der Waals surface area contributed by atoms with Gasteiger partial charge in [0.05, 0.1) is 16.6 Å². The lowest BCUT2D eigenvalue weighted by Crippen LogP contribution is -2.02. The van der Waals surface area contributed by atoms with Crippen molar-refractivity contribution in [2.24, 2.45) is 0 Å². The molecule has 2 heteroatoms. The summed E-state index contributed by atoms with van der Waals surface area (Å²) in [7, 11) is -0.796. The zero-order chi connectivity index (χ0) is 10.5. The second kappa shape index (κ2) is 5.26. The van der Waals surface area contributed by atoms with Gasteiger partial charge in [0.2, 0.25) is 0 Å². The first-order valence-corrected chi connectivity index (χ1v) is 6.79. The highest BCUT2D eigenvalue weighted by Crippen LogP contribution is 2.22. The summed E-state index contributed by atoms with van der Waals surface area (Å²) >= 11 is 0. The first-order chi connectivity index (χ1) is 7.36. The van der Waals surface area contributed by atoms with E-state index in [1.54, 1.807) is 0 Å². The third-order valence-corrected chi connectivity index (χ3v) is 4.23. The van der Waals surface area contributed by atoms with Gasteiger partial charge in [-0.1, -0.05) is 36.4 Å². The molecule has 1 atom stereocenters. The van der Waals surface area contributed by atoms with E-state index in [-0.39, 0.29) is 0 Å². The molecule has 1 aromatic carbocycles. The number of allylic oxidation sites excluding steroid dienone is 2. The van der Waals surface area contributed by atoms with Gasteiger partial charge in [-0.25, -0.2) is 0 Å². The van der Waals surface area contributed by atoms with Gasteiger partial charge in [-0.15, -0.1) is 0 Å². The van der Waals surface area contributed by atoms with Gasteiger partial charge in [-0.3, -0.25) is 4.21 Å². The van der Waals surface area contributed by atoms with Crippen LogP contribution in [0.1, 0.15) is 31.2 Å². The molecule has 1 unspecified atom stereocenters. The molecule has 0 aliphatic heterocycles. The van der Waals surface area contributed by atoms with Crippen LogP contribution in [-0.2, 0) is 16.6 Å². The van der Waals surface area contributed by atoms with Crippen LogP contribution in [-0.4, -0.2) is 4.21 Å². The van der Waals surface area contributed by atoms with Gasteiger partial charge in [-0.05, 0) is 31.2 Å². The maximum Gasteiger partial charge on any atom is 0.0529 e. The molecule has 15 heavy (non-hydrogen) atoms. The zero-order valence-corrected chi connectivity index (χ0v) is 9.63. The van der Waals surface area contributed by atoms with Crippen molar-refractivity contribution >= 4 is 10.8 Å². The van der Waals surface area contributed by atoms with Gasteiger partial charge in [0.25, 0.3) is 0 Å². The van der Waals surface area contributed by atoms with E-state index in [1.165, 1.54) is 18.4 Å². The van der Waals surface area contributed by atoms with Crippen molar-refractivity contribution in [2.75, 3.05) is 0 Å². The summed E-state index contributed by atoms with van der Waals surface area (Å²) in [5.41, 5.74) is 1.17. The predicted molar refractivity (Wildman–Crippen MR) is 64.8 cm³/mol. The van der Waals surface area contributed by atoms with Crippen LogP contribution in [0, 0.1) is 0 Å². The SMILES string of the molecule is O=S(Cc1ccccc1)C1=CCCCC1. The molecule has 0 saturated heterocycles. The lowest BCUT2D eigenvalue weighted by Gasteiger charge is -2.11. The molecule has 0 saturated carbocycles. The summed E-state index contributed by atoms with van der Waals surface area (Å²) in [5, 5.41) is 0. The minimum atomic E-state index is -0.796. The average Bonchev–Trinajstić information content (AvgIpc) is 2.31. The highest BCUT2D eigenvalue weighted by molar-refractivity contribution is 7.88. The monoisotopic (exact) mass is 220 g/mol. The Balaban J connectivity index is 2.00. The summed E-state index contributed by atoms with van der Waals surface area (Å²) in [4.78, 5) is 1.16. The molecule has 0 spiro atoms. The molecule has 0 N–H and O–H groups in total. The minimum absolute atomic E-state index is 0.673. The van der Waals surface area contributed by atoms with Gasteiger partial charge in [-0.2, -0.15) is 0 Å². The van der Waals surface area contributed by atoms with Crippen molar-refractivity contribution in [1.82, 2.24) is 0 Å². The molecule has 1 aromatic rings. The molecule has 0 aromatic heterocycles. The lowest BCUT2D eigenvalue weighted by atomic mass is 10.1. The van der Waals surface area contributed by atoms with Crippen molar-refractivity contribution < 1.29 is 4.21 Å². The molecular weight excluding hydrogens is 204 g/mol. The molecule has 1 aliphatic carbocycles. The van der Waals surface area contributed by atoms with Crippen LogP contribution in [0.25, 0.3) is 0 Å². The number of hydrogen-bond donors (Lipinski definition) is 0. The van der Waals surface area contributed by atoms with Crippen LogP contribution in [0.5, 0.6) is 0 Å². The largest absolute Gasteiger partial charge is 0.254 e. The Morgan fingerprint density at radius 2 is 1.93 bits per heavy atom. The van der Waals surface area contributed by atoms with Crippen LogP contribution in [0.15, 0.2) is 41.3 Å². The zero-order valence-electron chi connectivity index (χ0n) is 8.82. The molecule has 80 valence electrons. The van der Waals surface area contributed by atoms with Crippen molar-refractivity contribution in [1.29, 1.82) is 0 Å². The third kappa shape index (κ3) is 3.03. The second-order valence-electron chi connectivity index (χ2n) is 3.89. The smallest absolute Gasteiger partial charge is 0.0529 e. The highest BCUT2D eigenvalue weighted by Gasteiger charge is 2.10. The third-order valence-electron chi connectivity index (χ3n) is 2.68. The normalized spacial score (nSPS) is 18.3. The summed E-state index contributed by atoms with van der Waals surface area (Å²) in [6, 6.07) is 10.1. The van der Waals surface area contributed by atoms with E-state index < -0.39 is 10.8 Å². The van der Waals surface area contributed by atoms with E-state index >= 15 is 0 Å². The van der Waals surface area contributed by atoms with Gasteiger partial charge in [0.15, 0.2) is 0 Å². The predicted octanol–water partition coefficient (Wildman–Crippen LogP) is 3.39. The topological polar surface area (TPSA) is 17.1 Å². The molecule has 1 aliphatic rings. The highest BCUT2D eigenvalue weighted by atomic mass is 32.2. The molecule has 0 radical (unpaired) electrons. The van der Waals surface area contributed by atoms with E-state index in [0.717, 1.165) is 17.7 Å². The maximum absolute atomic E-state index is 12.0. The van der Waals surface area contributed by atoms with E-state index in [1.807, 2.05) is 30.3 Å². The lowest BCUT2D eigenvalue weighted by molar-refractivity contribution is 0.674. The quantitative estimate of drug-likeness (QED) is 0.763. The van der Waals surface area contributed by atoms with Crippen LogP contribution in [0.3, 0.4) is 0 Å². The molecule has 0 amide bonds. The van der Waals surface area contributed by atoms with Crippen molar-refractivity contribution in [3.63, 3.8) is 0 Å². The van der Waals surface area contributed by atoms with Crippen LogP contribution in [0.2, 0.25) is 0 Å². The second-order valence-corrected chi connectivity index (χ2v) is 5.40. The number of rotatable bonds is 3. The summed E-state index contributed by atoms with van der Waals surface area (Å²) in [6.45, 7) is 0. The van der Waals surface area contributed by atoms with Crippen molar-refractivity contribution in [3.05, 3.63) is 46.9 Å². The van der Waals surface area contributed by atoms with Crippen LogP contribution in [0.4, 0.5) is 0 Å². The summed E-state index contributed by atoms with van der Waals surface area (Å²) < 4.78 is 12.0. The average molecular weight is 220 g/mol. The van der Waals surface area contributed by atoms with E-state index in [9.17, 15) is 4.21 Å². The fraction of sp³-hybridized carbons (Fsp3) is 0.385. The fourth-order valence-electron chi connectivity index (χ4n) is 1.83. The summed E-state index contributed by atoms with van der Waals surface area (Å²) in [5.74, 6) is 0.673. The molecule has 0 bridgehead atoms. The molecule has 0 heterocycles. The van der Waals surface area contributed by atoms with E-state index in [0.29, 0.717) is 5.75 Å². The summed E-state index contributed by atoms with van der Waals surface area (Å²) in [6.07, 6.45) is 6.76. The standard InChI is InChI=1S/C13H16OS/c14-15(13-9-5-2-6-10-13)11-12-7-3-1-4-8-12/h1,3-4,7-9H,2,5-6,10-11H2. The van der Waals surface area contributed by atoms with Gasteiger partial charge in [0.1, 0.15) is 0 Å². The first kappa shape index (κ1) is 10.6. The van der Waals surface area contributed by atoms with Crippen molar-refractivity contribution in [3.8, 4) is 0 Å². The number of benzene rings is 1. The first-order valence-electron chi connectivity index (χ1n) is 5.47. The molecular formula is C13H16OS.